The number of aliphatic hydroxyl groups is 1. The predicted molar refractivity (Wildman–Crippen MR) is 88.0 cm³/mol. The second kappa shape index (κ2) is 17.7. The lowest BCUT2D eigenvalue weighted by Gasteiger charge is -2.00. The van der Waals surface area contributed by atoms with Crippen molar-refractivity contribution in [1.29, 1.82) is 0 Å². The Labute approximate surface area is 134 Å². The summed E-state index contributed by atoms with van der Waals surface area (Å²) in [6, 6.07) is 0. The summed E-state index contributed by atoms with van der Waals surface area (Å²) in [6.45, 7) is 5.64. The van der Waals surface area contributed by atoms with E-state index >= 15 is 0 Å². The Hall–Kier alpha value is -1.36. The highest BCUT2D eigenvalue weighted by Gasteiger charge is 2.07. The third-order valence-electron chi connectivity index (χ3n) is 3.18. The first-order chi connectivity index (χ1) is 10.5. The second-order valence-corrected chi connectivity index (χ2v) is 5.38. The lowest BCUT2D eigenvalue weighted by atomic mass is 10.1. The monoisotopic (exact) mass is 316 g/mol. The Morgan fingerprint density at radius 2 is 1.23 bits per heavy atom. The Balaban J connectivity index is 0. The zero-order chi connectivity index (χ0) is 17.2. The van der Waals surface area contributed by atoms with Gasteiger partial charge in [-0.05, 0) is 6.42 Å². The lowest BCUT2D eigenvalue weighted by molar-refractivity contribution is -0.139. The molecule has 0 saturated heterocycles. The van der Waals surface area contributed by atoms with Crippen LogP contribution in [-0.2, 0) is 9.59 Å². The third-order valence-corrected chi connectivity index (χ3v) is 3.18. The van der Waals surface area contributed by atoms with E-state index in [4.69, 9.17) is 15.3 Å². The van der Waals surface area contributed by atoms with E-state index in [0.717, 1.165) is 6.42 Å². The average Bonchev–Trinajstić information content (AvgIpc) is 2.45. The number of unbranched alkanes of at least 4 members (excludes halogenated alkanes) is 9. The van der Waals surface area contributed by atoms with E-state index in [2.05, 4.69) is 13.5 Å². The molecule has 0 aliphatic rings. The number of carbonyl (C=O) groups is 2. The highest BCUT2D eigenvalue weighted by molar-refractivity contribution is 5.91. The minimum Gasteiger partial charge on any atom is -0.481 e. The van der Waals surface area contributed by atoms with Gasteiger partial charge >= 0.3 is 11.9 Å². The molecule has 0 aliphatic carbocycles. The van der Waals surface area contributed by atoms with Crippen molar-refractivity contribution in [3.05, 3.63) is 12.2 Å². The Morgan fingerprint density at radius 1 is 0.818 bits per heavy atom. The van der Waals surface area contributed by atoms with Gasteiger partial charge in [0.25, 0.3) is 0 Å². The molecule has 0 rings (SSSR count). The van der Waals surface area contributed by atoms with Crippen molar-refractivity contribution in [2.45, 2.75) is 77.6 Å². The zero-order valence-corrected chi connectivity index (χ0v) is 13.9. The van der Waals surface area contributed by atoms with Crippen LogP contribution in [0.3, 0.4) is 0 Å². The fourth-order valence-corrected chi connectivity index (χ4v) is 1.86. The molecule has 0 aliphatic heterocycles. The molecule has 5 nitrogen and oxygen atoms in total. The van der Waals surface area contributed by atoms with Gasteiger partial charge < -0.3 is 15.3 Å². The average molecular weight is 316 g/mol. The molecule has 0 bridgehead atoms. The largest absolute Gasteiger partial charge is 0.481 e. The van der Waals surface area contributed by atoms with Gasteiger partial charge in [-0.15, -0.1) is 0 Å². The van der Waals surface area contributed by atoms with Gasteiger partial charge in [-0.2, -0.15) is 0 Å². The fourth-order valence-electron chi connectivity index (χ4n) is 1.86. The molecule has 130 valence electrons. The van der Waals surface area contributed by atoms with Gasteiger partial charge in [0.05, 0.1) is 6.42 Å². The SMILES string of the molecule is C=C(CC(=O)O)C(=O)O.CCCCCCCCCCCCO. The topological polar surface area (TPSA) is 94.8 Å². The smallest absolute Gasteiger partial charge is 0.331 e. The number of hydrogen-bond donors (Lipinski definition) is 3. The summed E-state index contributed by atoms with van der Waals surface area (Å²) in [5.41, 5.74) is -0.303. The first-order valence-electron chi connectivity index (χ1n) is 8.19. The number of carboxylic acid groups (broad SMARTS) is 2. The van der Waals surface area contributed by atoms with Crippen LogP contribution in [-0.4, -0.2) is 33.9 Å². The number of aliphatic carboxylic acids is 2. The first-order valence-corrected chi connectivity index (χ1v) is 8.19. The third kappa shape index (κ3) is 20.9. The standard InChI is InChI=1S/C12H26O.C5H6O4/c1-2-3-4-5-6-7-8-9-10-11-12-13;1-3(5(8)9)2-4(6)7/h13H,2-12H2,1H3;1-2H2,(H,6,7)(H,8,9). The predicted octanol–water partition coefficient (Wildman–Crippen LogP) is 4.00. The summed E-state index contributed by atoms with van der Waals surface area (Å²) >= 11 is 0. The van der Waals surface area contributed by atoms with E-state index in [1.807, 2.05) is 0 Å². The highest BCUT2D eigenvalue weighted by Crippen LogP contribution is 2.10. The highest BCUT2D eigenvalue weighted by atomic mass is 16.4. The quantitative estimate of drug-likeness (QED) is 0.352. The van der Waals surface area contributed by atoms with Gasteiger partial charge in [-0.25, -0.2) is 4.79 Å². The lowest BCUT2D eigenvalue weighted by Crippen LogP contribution is -2.04. The Bertz CT molecular complexity index is 289. The minimum atomic E-state index is -1.27. The summed E-state index contributed by atoms with van der Waals surface area (Å²) in [4.78, 5) is 19.7. The molecule has 0 aromatic heterocycles. The van der Waals surface area contributed by atoms with E-state index in [1.54, 1.807) is 0 Å². The molecule has 22 heavy (non-hydrogen) atoms. The molecule has 0 spiro atoms. The van der Waals surface area contributed by atoms with Gasteiger partial charge in [0, 0.05) is 12.2 Å². The molecule has 0 fully saturated rings. The number of carboxylic acids is 2. The van der Waals surface area contributed by atoms with Crippen LogP contribution in [0, 0.1) is 0 Å². The number of hydrogen-bond acceptors (Lipinski definition) is 3. The summed E-state index contributed by atoms with van der Waals surface area (Å²) in [5, 5.41) is 24.6. The van der Waals surface area contributed by atoms with E-state index in [1.165, 1.54) is 57.8 Å². The van der Waals surface area contributed by atoms with Crippen molar-refractivity contribution in [3.63, 3.8) is 0 Å². The van der Waals surface area contributed by atoms with E-state index in [-0.39, 0.29) is 5.57 Å². The second-order valence-electron chi connectivity index (χ2n) is 5.38. The van der Waals surface area contributed by atoms with Gasteiger partial charge in [0.2, 0.25) is 0 Å². The molecule has 0 saturated carbocycles. The molecule has 5 heteroatoms. The van der Waals surface area contributed by atoms with E-state index < -0.39 is 18.4 Å². The fraction of sp³-hybridized carbons (Fsp3) is 0.765. The van der Waals surface area contributed by atoms with Crippen LogP contribution in [0.1, 0.15) is 77.6 Å². The molecular weight excluding hydrogens is 284 g/mol. The van der Waals surface area contributed by atoms with Crippen LogP contribution in [0.25, 0.3) is 0 Å². The number of aliphatic hydroxyl groups excluding tert-OH is 1. The molecule has 0 aromatic carbocycles. The van der Waals surface area contributed by atoms with Crippen LogP contribution in [0.2, 0.25) is 0 Å². The van der Waals surface area contributed by atoms with E-state index in [9.17, 15) is 9.59 Å². The maximum Gasteiger partial charge on any atom is 0.331 e. The summed E-state index contributed by atoms with van der Waals surface area (Å²) in [5.74, 6) is -2.44. The summed E-state index contributed by atoms with van der Waals surface area (Å²) in [6.07, 6.45) is 12.8. The van der Waals surface area contributed by atoms with Crippen LogP contribution < -0.4 is 0 Å². The maximum absolute atomic E-state index is 9.87. The Kier molecular flexibility index (Phi) is 18.4. The van der Waals surface area contributed by atoms with Gasteiger partial charge in [0.1, 0.15) is 0 Å². The van der Waals surface area contributed by atoms with Gasteiger partial charge in [-0.3, -0.25) is 4.79 Å². The molecule has 3 N–H and O–H groups in total. The molecule has 0 radical (unpaired) electrons. The molecule has 0 heterocycles. The summed E-state index contributed by atoms with van der Waals surface area (Å²) in [7, 11) is 0. The number of rotatable bonds is 13. The first kappa shape index (κ1) is 22.9. The van der Waals surface area contributed by atoms with Crippen molar-refractivity contribution in [2.24, 2.45) is 0 Å². The van der Waals surface area contributed by atoms with Crippen LogP contribution in [0.5, 0.6) is 0 Å². The zero-order valence-electron chi connectivity index (χ0n) is 13.9. The molecular formula is C17H32O5. The molecule has 0 atom stereocenters. The van der Waals surface area contributed by atoms with Crippen molar-refractivity contribution < 1.29 is 24.9 Å². The van der Waals surface area contributed by atoms with Gasteiger partial charge in [-0.1, -0.05) is 71.3 Å². The molecule has 0 amide bonds. The van der Waals surface area contributed by atoms with Crippen molar-refractivity contribution in [2.75, 3.05) is 6.61 Å². The Morgan fingerprint density at radius 3 is 1.50 bits per heavy atom. The van der Waals surface area contributed by atoms with Gasteiger partial charge in [0.15, 0.2) is 0 Å². The molecule has 0 aromatic rings. The maximum atomic E-state index is 9.87. The van der Waals surface area contributed by atoms with E-state index in [0.29, 0.717) is 6.61 Å². The van der Waals surface area contributed by atoms with Crippen molar-refractivity contribution >= 4 is 11.9 Å². The van der Waals surface area contributed by atoms with Crippen LogP contribution >= 0.6 is 0 Å². The molecule has 0 unspecified atom stereocenters. The van der Waals surface area contributed by atoms with Crippen LogP contribution in [0.4, 0.5) is 0 Å². The van der Waals surface area contributed by atoms with Crippen molar-refractivity contribution in [3.8, 4) is 0 Å². The van der Waals surface area contributed by atoms with Crippen molar-refractivity contribution in [1.82, 2.24) is 0 Å². The minimum absolute atomic E-state index is 0.303. The summed E-state index contributed by atoms with van der Waals surface area (Å²) < 4.78 is 0. The normalized spacial score (nSPS) is 9.73. The van der Waals surface area contributed by atoms with Crippen LogP contribution in [0.15, 0.2) is 12.2 Å².